The molecular formula is C14H8F4N2O3. The van der Waals surface area contributed by atoms with E-state index in [1.807, 2.05) is 0 Å². The van der Waals surface area contributed by atoms with Crippen LogP contribution in [0.1, 0.15) is 10.4 Å². The average Bonchev–Trinajstić information content (AvgIpc) is 2.55. The van der Waals surface area contributed by atoms with Gasteiger partial charge in [-0.1, -0.05) is 0 Å². The number of pyridine rings is 1. The van der Waals surface area contributed by atoms with Crippen molar-refractivity contribution in [1.82, 2.24) is 4.98 Å². The molecule has 0 aliphatic rings. The Morgan fingerprint density at radius 1 is 1.13 bits per heavy atom. The molecule has 2 aromatic rings. The van der Waals surface area contributed by atoms with Crippen molar-refractivity contribution in [3.05, 3.63) is 59.4 Å². The average molecular weight is 328 g/mol. The molecule has 2 rings (SSSR count). The van der Waals surface area contributed by atoms with Crippen molar-refractivity contribution in [2.45, 2.75) is 0 Å². The zero-order valence-corrected chi connectivity index (χ0v) is 11.3. The smallest absolute Gasteiger partial charge is 0.340 e. The number of hydrogen-bond donors (Lipinski definition) is 1. The maximum atomic E-state index is 13.4. The van der Waals surface area contributed by atoms with E-state index in [0.29, 0.717) is 0 Å². The minimum atomic E-state index is -1.77. The zero-order chi connectivity index (χ0) is 17.0. The van der Waals surface area contributed by atoms with Crippen molar-refractivity contribution >= 4 is 17.6 Å². The molecule has 0 radical (unpaired) electrons. The normalized spacial score (nSPS) is 10.3. The zero-order valence-electron chi connectivity index (χ0n) is 11.3. The van der Waals surface area contributed by atoms with Crippen LogP contribution in [0.3, 0.4) is 0 Å². The number of carbonyl (C=O) groups excluding carboxylic acids is 2. The molecule has 0 saturated heterocycles. The summed E-state index contributed by atoms with van der Waals surface area (Å²) < 4.78 is 57.2. The van der Waals surface area contributed by atoms with E-state index >= 15 is 0 Å². The third kappa shape index (κ3) is 3.82. The summed E-state index contributed by atoms with van der Waals surface area (Å²) in [5, 5.41) is 1.61. The summed E-state index contributed by atoms with van der Waals surface area (Å²) in [4.78, 5) is 26.7. The van der Waals surface area contributed by atoms with Gasteiger partial charge in [-0.15, -0.1) is 0 Å². The first kappa shape index (κ1) is 16.4. The van der Waals surface area contributed by atoms with Gasteiger partial charge in [0.1, 0.15) is 5.69 Å². The summed E-state index contributed by atoms with van der Waals surface area (Å²) in [6, 6.07) is 2.83. The topological polar surface area (TPSA) is 68.3 Å². The van der Waals surface area contributed by atoms with Gasteiger partial charge in [0.25, 0.3) is 5.91 Å². The van der Waals surface area contributed by atoms with Crippen LogP contribution in [0.2, 0.25) is 0 Å². The Balaban J connectivity index is 2.02. The van der Waals surface area contributed by atoms with Crippen LogP contribution in [0.4, 0.5) is 23.2 Å². The van der Waals surface area contributed by atoms with Gasteiger partial charge in [-0.3, -0.25) is 9.78 Å². The van der Waals surface area contributed by atoms with Gasteiger partial charge < -0.3 is 10.1 Å². The summed E-state index contributed by atoms with van der Waals surface area (Å²) in [5.41, 5.74) is -1.25. The molecule has 1 aromatic carbocycles. The largest absolute Gasteiger partial charge is 0.452 e. The van der Waals surface area contributed by atoms with Crippen molar-refractivity contribution in [3.63, 3.8) is 0 Å². The lowest BCUT2D eigenvalue weighted by molar-refractivity contribution is -0.119. The van der Waals surface area contributed by atoms with E-state index in [1.54, 1.807) is 5.32 Å². The van der Waals surface area contributed by atoms with Gasteiger partial charge in [-0.05, 0) is 12.1 Å². The number of ether oxygens (including phenoxy) is 1. The molecule has 0 bridgehead atoms. The van der Waals surface area contributed by atoms with Gasteiger partial charge in [0.15, 0.2) is 29.9 Å². The van der Waals surface area contributed by atoms with Gasteiger partial charge in [0.2, 0.25) is 0 Å². The van der Waals surface area contributed by atoms with Gasteiger partial charge in [0, 0.05) is 18.5 Å². The second-order valence-electron chi connectivity index (χ2n) is 4.21. The monoisotopic (exact) mass is 328 g/mol. The van der Waals surface area contributed by atoms with Crippen molar-refractivity contribution in [2.75, 3.05) is 11.9 Å². The van der Waals surface area contributed by atoms with E-state index < -0.39 is 47.4 Å². The number of aromatic nitrogens is 1. The predicted molar refractivity (Wildman–Crippen MR) is 69.4 cm³/mol. The van der Waals surface area contributed by atoms with Crippen molar-refractivity contribution in [2.24, 2.45) is 0 Å². The Hall–Kier alpha value is -2.97. The number of esters is 1. The molecule has 23 heavy (non-hydrogen) atoms. The summed E-state index contributed by atoms with van der Waals surface area (Å²) in [6.45, 7) is -0.912. The van der Waals surface area contributed by atoms with Crippen LogP contribution < -0.4 is 5.32 Å². The highest BCUT2D eigenvalue weighted by Crippen LogP contribution is 2.23. The number of rotatable bonds is 4. The van der Waals surface area contributed by atoms with E-state index in [9.17, 15) is 27.2 Å². The molecule has 0 aliphatic heterocycles. The lowest BCUT2D eigenvalue weighted by Gasteiger charge is -2.09. The molecule has 1 N–H and O–H groups in total. The number of hydrogen-bond acceptors (Lipinski definition) is 4. The SMILES string of the molecule is O=C(COC(=O)c1cccnc1)Nc1c(F)c(F)cc(F)c1F. The number of halogens is 4. The first-order chi connectivity index (χ1) is 10.9. The third-order valence-corrected chi connectivity index (χ3v) is 2.61. The molecule has 0 atom stereocenters. The van der Waals surface area contributed by atoms with Crippen LogP contribution in [0.15, 0.2) is 30.6 Å². The predicted octanol–water partition coefficient (Wildman–Crippen LogP) is 2.43. The second kappa shape index (κ2) is 6.86. The molecule has 0 fully saturated rings. The van der Waals surface area contributed by atoms with Crippen LogP contribution in [0.25, 0.3) is 0 Å². The van der Waals surface area contributed by atoms with Crippen LogP contribution in [0.5, 0.6) is 0 Å². The number of benzene rings is 1. The molecule has 0 aliphatic carbocycles. The fraction of sp³-hybridized carbons (Fsp3) is 0.0714. The fourth-order valence-corrected chi connectivity index (χ4v) is 1.56. The van der Waals surface area contributed by atoms with Crippen LogP contribution in [-0.4, -0.2) is 23.5 Å². The first-order valence-electron chi connectivity index (χ1n) is 6.10. The van der Waals surface area contributed by atoms with Gasteiger partial charge in [-0.25, -0.2) is 22.4 Å². The van der Waals surface area contributed by atoms with Crippen molar-refractivity contribution in [3.8, 4) is 0 Å². The first-order valence-corrected chi connectivity index (χ1v) is 6.10. The highest BCUT2D eigenvalue weighted by molar-refractivity contribution is 5.95. The molecular weight excluding hydrogens is 320 g/mol. The molecule has 5 nitrogen and oxygen atoms in total. The lowest BCUT2D eigenvalue weighted by atomic mass is 10.2. The number of nitrogens with one attached hydrogen (secondary N) is 1. The van der Waals surface area contributed by atoms with Gasteiger partial charge >= 0.3 is 5.97 Å². The molecule has 0 spiro atoms. The molecule has 9 heteroatoms. The summed E-state index contributed by atoms with van der Waals surface area (Å²) >= 11 is 0. The van der Waals surface area contributed by atoms with E-state index in [1.165, 1.54) is 24.5 Å². The molecule has 0 unspecified atom stereocenters. The summed E-state index contributed by atoms with van der Waals surface area (Å²) in [7, 11) is 0. The molecule has 1 aromatic heterocycles. The number of amides is 1. The maximum Gasteiger partial charge on any atom is 0.340 e. The second-order valence-corrected chi connectivity index (χ2v) is 4.21. The summed E-state index contributed by atoms with van der Waals surface area (Å²) in [5.74, 6) is -8.96. The van der Waals surface area contributed by atoms with Crippen LogP contribution in [0, 0.1) is 23.3 Å². The van der Waals surface area contributed by atoms with Crippen LogP contribution in [-0.2, 0) is 9.53 Å². The Bertz CT molecular complexity index is 727. The number of nitrogens with zero attached hydrogens (tertiary/aromatic N) is 1. The maximum absolute atomic E-state index is 13.4. The Kier molecular flexibility index (Phi) is 4.89. The number of anilines is 1. The van der Waals surface area contributed by atoms with E-state index in [2.05, 4.69) is 9.72 Å². The van der Waals surface area contributed by atoms with Gasteiger partial charge in [0.05, 0.1) is 5.56 Å². The molecule has 120 valence electrons. The fourth-order valence-electron chi connectivity index (χ4n) is 1.56. The van der Waals surface area contributed by atoms with E-state index in [4.69, 9.17) is 0 Å². The summed E-state index contributed by atoms with van der Waals surface area (Å²) in [6.07, 6.45) is 2.59. The molecule has 1 heterocycles. The highest BCUT2D eigenvalue weighted by Gasteiger charge is 2.21. The van der Waals surface area contributed by atoms with Gasteiger partial charge in [-0.2, -0.15) is 0 Å². The highest BCUT2D eigenvalue weighted by atomic mass is 19.2. The minimum Gasteiger partial charge on any atom is -0.452 e. The van der Waals surface area contributed by atoms with E-state index in [-0.39, 0.29) is 11.6 Å². The third-order valence-electron chi connectivity index (χ3n) is 2.61. The number of carbonyl (C=O) groups is 2. The molecule has 0 saturated carbocycles. The quantitative estimate of drug-likeness (QED) is 0.532. The lowest BCUT2D eigenvalue weighted by Crippen LogP contribution is -2.22. The Morgan fingerprint density at radius 2 is 1.78 bits per heavy atom. The van der Waals surface area contributed by atoms with Crippen molar-refractivity contribution < 1.29 is 31.9 Å². The molecule has 1 amide bonds. The van der Waals surface area contributed by atoms with Crippen molar-refractivity contribution in [1.29, 1.82) is 0 Å². The Morgan fingerprint density at radius 3 is 2.35 bits per heavy atom. The Labute approximate surface area is 126 Å². The van der Waals surface area contributed by atoms with E-state index in [0.717, 1.165) is 0 Å². The minimum absolute atomic E-state index is 0.00273. The van der Waals surface area contributed by atoms with Crippen LogP contribution >= 0.6 is 0 Å². The standard InChI is InChI=1S/C14H8F4N2O3/c15-8-4-9(16)12(18)13(11(8)17)20-10(21)6-23-14(22)7-2-1-3-19-5-7/h1-5H,6H2,(H,20,21).